The molecule has 2 unspecified atom stereocenters. The van der Waals surface area contributed by atoms with E-state index in [-0.39, 0.29) is 18.0 Å². The zero-order valence-corrected chi connectivity index (χ0v) is 16.5. The van der Waals surface area contributed by atoms with Crippen molar-refractivity contribution in [3.8, 4) is 11.5 Å². The first-order valence-corrected chi connectivity index (χ1v) is 9.25. The highest BCUT2D eigenvalue weighted by Crippen LogP contribution is 2.31. The number of hydrazine groups is 1. The number of hydrogen-bond acceptors (Lipinski definition) is 4. The maximum Gasteiger partial charge on any atom is 0.162 e. The minimum Gasteiger partial charge on any atom is -0.457 e. The number of morpholine rings is 1. The monoisotopic (exact) mass is 389 g/mol. The number of rotatable bonds is 5. The van der Waals surface area contributed by atoms with E-state index < -0.39 is 11.6 Å². The third kappa shape index (κ3) is 5.05. The first kappa shape index (κ1) is 20.2. The van der Waals surface area contributed by atoms with E-state index in [9.17, 15) is 8.78 Å². The van der Waals surface area contributed by atoms with Crippen molar-refractivity contribution in [2.24, 2.45) is 4.99 Å². The van der Waals surface area contributed by atoms with Gasteiger partial charge in [-0.05, 0) is 63.1 Å². The molecule has 1 aliphatic rings. The van der Waals surface area contributed by atoms with Gasteiger partial charge in [-0.3, -0.25) is 0 Å². The molecule has 1 N–H and O–H groups in total. The lowest BCUT2D eigenvalue weighted by Gasteiger charge is -2.34. The smallest absolute Gasteiger partial charge is 0.162 e. The lowest BCUT2D eigenvalue weighted by atomic mass is 10.1. The number of nitrogens with one attached hydrogen (secondary N) is 1. The molecular formula is C21H25F2N3O2. The minimum atomic E-state index is -0.939. The molecule has 5 nitrogen and oxygen atoms in total. The van der Waals surface area contributed by atoms with Crippen LogP contribution in [0.2, 0.25) is 0 Å². The van der Waals surface area contributed by atoms with Crippen LogP contribution in [0.5, 0.6) is 11.5 Å². The van der Waals surface area contributed by atoms with E-state index in [0.29, 0.717) is 5.75 Å². The summed E-state index contributed by atoms with van der Waals surface area (Å²) in [6.07, 6.45) is 2.00. The van der Waals surface area contributed by atoms with Gasteiger partial charge in [0.1, 0.15) is 17.8 Å². The van der Waals surface area contributed by atoms with Crippen molar-refractivity contribution in [3.63, 3.8) is 0 Å². The molecule has 1 aliphatic heterocycles. The second kappa shape index (κ2) is 8.67. The Morgan fingerprint density at radius 3 is 2.46 bits per heavy atom. The van der Waals surface area contributed by atoms with Gasteiger partial charge in [0, 0.05) is 19.2 Å². The third-order valence-electron chi connectivity index (χ3n) is 4.48. The Balaban J connectivity index is 1.68. The van der Waals surface area contributed by atoms with Crippen molar-refractivity contribution in [1.29, 1.82) is 0 Å². The molecule has 2 atom stereocenters. The average Bonchev–Trinajstić information content (AvgIpc) is 2.61. The molecule has 150 valence electrons. The Morgan fingerprint density at radius 2 is 1.79 bits per heavy atom. The first-order valence-electron chi connectivity index (χ1n) is 9.25. The molecule has 0 aliphatic carbocycles. The Labute approximate surface area is 164 Å². The molecule has 1 fully saturated rings. The van der Waals surface area contributed by atoms with Crippen LogP contribution in [0.1, 0.15) is 25.0 Å². The fraction of sp³-hybridized carbons (Fsp3) is 0.381. The summed E-state index contributed by atoms with van der Waals surface area (Å²) in [5.74, 6) is -1.02. The molecule has 0 amide bonds. The molecule has 0 saturated carbocycles. The predicted molar refractivity (Wildman–Crippen MR) is 105 cm³/mol. The lowest BCUT2D eigenvalue weighted by Crippen LogP contribution is -2.51. The van der Waals surface area contributed by atoms with Gasteiger partial charge >= 0.3 is 0 Å². The van der Waals surface area contributed by atoms with Gasteiger partial charge < -0.3 is 14.9 Å². The number of ether oxygens (including phenoxy) is 2. The summed E-state index contributed by atoms with van der Waals surface area (Å²) in [5.41, 5.74) is 5.75. The quantitative estimate of drug-likeness (QED) is 0.597. The fourth-order valence-corrected chi connectivity index (χ4v) is 3.15. The molecule has 7 heteroatoms. The number of benzene rings is 2. The van der Waals surface area contributed by atoms with Crippen molar-refractivity contribution in [3.05, 3.63) is 53.1 Å². The molecule has 2 aromatic rings. The highest BCUT2D eigenvalue weighted by Gasteiger charge is 2.21. The summed E-state index contributed by atoms with van der Waals surface area (Å²) in [5, 5.41) is 2.07. The average molecular weight is 389 g/mol. The van der Waals surface area contributed by atoms with Gasteiger partial charge in [-0.15, -0.1) is 0 Å². The first-order chi connectivity index (χ1) is 13.3. The normalized spacial score (nSPS) is 20.5. The van der Waals surface area contributed by atoms with Crippen LogP contribution in [0.3, 0.4) is 0 Å². The van der Waals surface area contributed by atoms with E-state index in [4.69, 9.17) is 9.47 Å². The molecule has 1 heterocycles. The Kier molecular flexibility index (Phi) is 6.26. The molecule has 28 heavy (non-hydrogen) atoms. The summed E-state index contributed by atoms with van der Waals surface area (Å²) >= 11 is 0. The molecule has 0 bridgehead atoms. The molecule has 2 aromatic carbocycles. The van der Waals surface area contributed by atoms with Crippen LogP contribution in [0.4, 0.5) is 14.5 Å². The maximum absolute atomic E-state index is 13.4. The summed E-state index contributed by atoms with van der Waals surface area (Å²) in [6, 6.07) is 7.21. The molecule has 0 radical (unpaired) electrons. The van der Waals surface area contributed by atoms with Crippen LogP contribution in [-0.4, -0.2) is 36.6 Å². The largest absolute Gasteiger partial charge is 0.457 e. The summed E-state index contributed by atoms with van der Waals surface area (Å²) in [7, 11) is 0. The van der Waals surface area contributed by atoms with Gasteiger partial charge in [-0.25, -0.2) is 18.8 Å². The Hall–Kier alpha value is -2.51. The lowest BCUT2D eigenvalue weighted by molar-refractivity contribution is -0.0760. The number of hydrogen-bond donors (Lipinski definition) is 1. The molecule has 0 spiro atoms. The van der Waals surface area contributed by atoms with Crippen molar-refractivity contribution in [1.82, 2.24) is 10.4 Å². The standard InChI is InChI=1S/C21H25F2N3O2/c1-13-8-21(28-17-5-6-18(22)19(23)9-17)14(2)7-20(13)24-12-25-26-10-15(3)27-16(4)11-26/h5-9,12,15-16H,10-11H2,1-4H3,(H,24,25). The zero-order chi connectivity index (χ0) is 20.3. The van der Waals surface area contributed by atoms with Gasteiger partial charge in [0.25, 0.3) is 0 Å². The van der Waals surface area contributed by atoms with Gasteiger partial charge in [0.2, 0.25) is 0 Å². The topological polar surface area (TPSA) is 46.1 Å². The molecule has 0 aromatic heterocycles. The van der Waals surface area contributed by atoms with E-state index in [2.05, 4.69) is 15.4 Å². The van der Waals surface area contributed by atoms with Crippen molar-refractivity contribution in [2.45, 2.75) is 39.9 Å². The molecular weight excluding hydrogens is 364 g/mol. The van der Waals surface area contributed by atoms with Crippen molar-refractivity contribution >= 4 is 12.0 Å². The second-order valence-corrected chi connectivity index (χ2v) is 7.13. The highest BCUT2D eigenvalue weighted by molar-refractivity contribution is 5.64. The fourth-order valence-electron chi connectivity index (χ4n) is 3.15. The Bertz CT molecular complexity index is 863. The third-order valence-corrected chi connectivity index (χ3v) is 4.48. The van der Waals surface area contributed by atoms with Crippen LogP contribution in [-0.2, 0) is 4.74 Å². The van der Waals surface area contributed by atoms with Gasteiger partial charge in [-0.2, -0.15) is 0 Å². The molecule has 3 rings (SSSR count). The van der Waals surface area contributed by atoms with Crippen LogP contribution in [0, 0.1) is 25.5 Å². The Morgan fingerprint density at radius 1 is 1.07 bits per heavy atom. The minimum absolute atomic E-state index is 0.168. The number of aryl methyl sites for hydroxylation is 2. The van der Waals surface area contributed by atoms with E-state index in [1.165, 1.54) is 6.07 Å². The van der Waals surface area contributed by atoms with Gasteiger partial charge in [-0.1, -0.05) is 0 Å². The molecule has 1 saturated heterocycles. The second-order valence-electron chi connectivity index (χ2n) is 7.13. The van der Waals surface area contributed by atoms with Crippen LogP contribution < -0.4 is 10.2 Å². The maximum atomic E-state index is 13.4. The number of halogens is 2. The van der Waals surface area contributed by atoms with Crippen LogP contribution >= 0.6 is 0 Å². The van der Waals surface area contributed by atoms with Crippen molar-refractivity contribution in [2.75, 3.05) is 13.1 Å². The SMILES string of the molecule is Cc1cc(Oc2ccc(F)c(F)c2)c(C)cc1N=CNN1CC(C)OC(C)C1. The zero-order valence-electron chi connectivity index (χ0n) is 16.5. The summed E-state index contributed by atoms with van der Waals surface area (Å²) in [6.45, 7) is 9.46. The predicted octanol–water partition coefficient (Wildman–Crippen LogP) is 4.65. The van der Waals surface area contributed by atoms with E-state index in [0.717, 1.165) is 42.0 Å². The van der Waals surface area contributed by atoms with Gasteiger partial charge in [0.05, 0.1) is 17.9 Å². The summed E-state index contributed by atoms with van der Waals surface area (Å²) < 4.78 is 37.9. The van der Waals surface area contributed by atoms with E-state index >= 15 is 0 Å². The van der Waals surface area contributed by atoms with Crippen LogP contribution in [0.25, 0.3) is 0 Å². The van der Waals surface area contributed by atoms with E-state index in [1.807, 2.05) is 39.8 Å². The number of aliphatic imine (C=N–C) groups is 1. The van der Waals surface area contributed by atoms with Crippen molar-refractivity contribution < 1.29 is 18.3 Å². The van der Waals surface area contributed by atoms with Crippen LogP contribution in [0.15, 0.2) is 35.3 Å². The highest BCUT2D eigenvalue weighted by atomic mass is 19.2. The number of nitrogens with zero attached hydrogens (tertiary/aromatic N) is 2. The van der Waals surface area contributed by atoms with Gasteiger partial charge in [0.15, 0.2) is 11.6 Å². The summed E-state index contributed by atoms with van der Waals surface area (Å²) in [4.78, 5) is 4.50. The van der Waals surface area contributed by atoms with E-state index in [1.54, 1.807) is 6.34 Å².